The standard InChI is InChI=1S/C23H34ClN3O3/c1-2-30-22(28)10-13-25-23(29)26-20-4-3-5-21(20)27-14-11-18(12-15-27)16-17-6-8-19(24)9-7-17/h6-9,18,20-21H,2-5,10-16H2,1H3,(H2,25,26,29)/t20-,21-/m1/s1. The Kier molecular flexibility index (Phi) is 8.82. The van der Waals surface area contributed by atoms with Crippen molar-refractivity contribution in [3.05, 3.63) is 34.9 Å². The summed E-state index contributed by atoms with van der Waals surface area (Å²) in [5.74, 6) is 0.430. The molecule has 3 rings (SSSR count). The Morgan fingerprint density at radius 1 is 1.13 bits per heavy atom. The number of hydrogen-bond donors (Lipinski definition) is 2. The van der Waals surface area contributed by atoms with Crippen LogP contribution < -0.4 is 10.6 Å². The Balaban J connectivity index is 1.39. The zero-order chi connectivity index (χ0) is 21.3. The van der Waals surface area contributed by atoms with E-state index in [0.29, 0.717) is 25.1 Å². The second kappa shape index (κ2) is 11.6. The fourth-order valence-corrected chi connectivity index (χ4v) is 4.85. The van der Waals surface area contributed by atoms with Gasteiger partial charge in [-0.2, -0.15) is 0 Å². The molecule has 30 heavy (non-hydrogen) atoms. The second-order valence-electron chi connectivity index (χ2n) is 8.37. The van der Waals surface area contributed by atoms with E-state index in [-0.39, 0.29) is 24.5 Å². The zero-order valence-electron chi connectivity index (χ0n) is 17.9. The first-order valence-corrected chi connectivity index (χ1v) is 11.6. The largest absolute Gasteiger partial charge is 0.466 e. The van der Waals surface area contributed by atoms with Gasteiger partial charge in [0.1, 0.15) is 0 Å². The SMILES string of the molecule is CCOC(=O)CCNC(=O)N[C@@H]1CCC[C@H]1N1CCC(Cc2ccc(Cl)cc2)CC1. The van der Waals surface area contributed by atoms with Crippen molar-refractivity contribution in [3.63, 3.8) is 0 Å². The number of ether oxygens (including phenoxy) is 1. The molecule has 1 heterocycles. The summed E-state index contributed by atoms with van der Waals surface area (Å²) < 4.78 is 4.88. The third-order valence-electron chi connectivity index (χ3n) is 6.27. The third kappa shape index (κ3) is 6.88. The molecule has 0 radical (unpaired) electrons. The number of urea groups is 1. The van der Waals surface area contributed by atoms with Gasteiger partial charge in [-0.05, 0) is 82.2 Å². The van der Waals surface area contributed by atoms with Crippen LogP contribution in [0.25, 0.3) is 0 Å². The maximum Gasteiger partial charge on any atom is 0.315 e. The van der Waals surface area contributed by atoms with Crippen molar-refractivity contribution in [2.75, 3.05) is 26.2 Å². The van der Waals surface area contributed by atoms with Crippen LogP contribution in [-0.2, 0) is 16.0 Å². The number of nitrogens with zero attached hydrogens (tertiary/aromatic N) is 1. The van der Waals surface area contributed by atoms with Crippen LogP contribution in [0.1, 0.15) is 51.0 Å². The Morgan fingerprint density at radius 2 is 1.87 bits per heavy atom. The molecular weight excluding hydrogens is 402 g/mol. The lowest BCUT2D eigenvalue weighted by Gasteiger charge is -2.38. The predicted molar refractivity (Wildman–Crippen MR) is 119 cm³/mol. The van der Waals surface area contributed by atoms with Gasteiger partial charge in [0.25, 0.3) is 0 Å². The number of carbonyl (C=O) groups is 2. The number of likely N-dealkylation sites (tertiary alicyclic amines) is 1. The van der Waals surface area contributed by atoms with Crippen LogP contribution in [0.15, 0.2) is 24.3 Å². The van der Waals surface area contributed by atoms with Crippen molar-refractivity contribution >= 4 is 23.6 Å². The van der Waals surface area contributed by atoms with Gasteiger partial charge in [0.05, 0.1) is 13.0 Å². The molecule has 6 nitrogen and oxygen atoms in total. The Labute approximate surface area is 184 Å². The minimum absolute atomic E-state index is 0.181. The van der Waals surface area contributed by atoms with Crippen LogP contribution in [0.5, 0.6) is 0 Å². The van der Waals surface area contributed by atoms with Gasteiger partial charge in [-0.3, -0.25) is 9.69 Å². The molecule has 0 spiro atoms. The fraction of sp³-hybridized carbons (Fsp3) is 0.652. The number of nitrogens with one attached hydrogen (secondary N) is 2. The summed E-state index contributed by atoms with van der Waals surface area (Å²) in [6.45, 7) is 4.62. The minimum Gasteiger partial charge on any atom is -0.466 e. The quantitative estimate of drug-likeness (QED) is 0.610. The summed E-state index contributed by atoms with van der Waals surface area (Å²) in [6.07, 6.45) is 6.99. The minimum atomic E-state index is -0.280. The monoisotopic (exact) mass is 435 g/mol. The number of rotatable bonds is 8. The number of esters is 1. The first-order chi connectivity index (χ1) is 14.5. The molecule has 1 saturated heterocycles. The highest BCUT2D eigenvalue weighted by Gasteiger charge is 2.35. The van der Waals surface area contributed by atoms with E-state index in [4.69, 9.17) is 16.3 Å². The van der Waals surface area contributed by atoms with Gasteiger partial charge in [-0.1, -0.05) is 23.7 Å². The van der Waals surface area contributed by atoms with Gasteiger partial charge in [-0.25, -0.2) is 4.79 Å². The highest BCUT2D eigenvalue weighted by Crippen LogP contribution is 2.30. The molecule has 2 N–H and O–H groups in total. The van der Waals surface area contributed by atoms with E-state index in [1.54, 1.807) is 6.92 Å². The molecule has 0 bridgehead atoms. The molecule has 1 aromatic carbocycles. The summed E-state index contributed by atoms with van der Waals surface area (Å²) in [7, 11) is 0. The Morgan fingerprint density at radius 3 is 2.57 bits per heavy atom. The number of hydrogen-bond acceptors (Lipinski definition) is 4. The van der Waals surface area contributed by atoms with E-state index < -0.39 is 0 Å². The molecule has 7 heteroatoms. The summed E-state index contributed by atoms with van der Waals surface area (Å²) >= 11 is 5.99. The van der Waals surface area contributed by atoms with E-state index in [2.05, 4.69) is 27.7 Å². The van der Waals surface area contributed by atoms with Crippen molar-refractivity contribution in [1.82, 2.24) is 15.5 Å². The fourth-order valence-electron chi connectivity index (χ4n) is 4.72. The third-order valence-corrected chi connectivity index (χ3v) is 6.52. The van der Waals surface area contributed by atoms with E-state index >= 15 is 0 Å². The number of amides is 2. The molecule has 0 aromatic heterocycles. The van der Waals surface area contributed by atoms with Crippen molar-refractivity contribution < 1.29 is 14.3 Å². The number of carbonyl (C=O) groups excluding carboxylic acids is 2. The number of halogens is 1. The lowest BCUT2D eigenvalue weighted by atomic mass is 9.89. The van der Waals surface area contributed by atoms with Crippen LogP contribution >= 0.6 is 11.6 Å². The molecule has 0 unspecified atom stereocenters. The van der Waals surface area contributed by atoms with E-state index in [1.165, 1.54) is 18.4 Å². The lowest BCUT2D eigenvalue weighted by Crippen LogP contribution is -2.53. The highest BCUT2D eigenvalue weighted by atomic mass is 35.5. The van der Waals surface area contributed by atoms with Crippen molar-refractivity contribution in [2.24, 2.45) is 5.92 Å². The van der Waals surface area contributed by atoms with Gasteiger partial charge in [0.2, 0.25) is 0 Å². The molecule has 2 atom stereocenters. The smallest absolute Gasteiger partial charge is 0.315 e. The average Bonchev–Trinajstić information content (AvgIpc) is 3.18. The molecular formula is C23H34ClN3O3. The molecule has 2 amide bonds. The van der Waals surface area contributed by atoms with Gasteiger partial charge >= 0.3 is 12.0 Å². The number of benzene rings is 1. The second-order valence-corrected chi connectivity index (χ2v) is 8.81. The van der Waals surface area contributed by atoms with Crippen molar-refractivity contribution in [3.8, 4) is 0 Å². The van der Waals surface area contributed by atoms with Gasteiger partial charge in [-0.15, -0.1) is 0 Å². The summed E-state index contributed by atoms with van der Waals surface area (Å²) in [4.78, 5) is 26.2. The first kappa shape index (κ1) is 22.9. The Hall–Kier alpha value is -1.79. The van der Waals surface area contributed by atoms with Crippen LogP contribution in [0.4, 0.5) is 4.79 Å². The molecule has 2 fully saturated rings. The summed E-state index contributed by atoms with van der Waals surface area (Å²) in [5.41, 5.74) is 1.36. The predicted octanol–water partition coefficient (Wildman–Crippen LogP) is 3.77. The topological polar surface area (TPSA) is 70.7 Å². The van der Waals surface area contributed by atoms with Crippen molar-refractivity contribution in [2.45, 2.75) is 64.0 Å². The summed E-state index contributed by atoms with van der Waals surface area (Å²) in [5, 5.41) is 6.70. The van der Waals surface area contributed by atoms with Crippen LogP contribution in [0.3, 0.4) is 0 Å². The Bertz CT molecular complexity index is 689. The molecule has 1 aliphatic carbocycles. The average molecular weight is 436 g/mol. The van der Waals surface area contributed by atoms with Crippen LogP contribution in [0, 0.1) is 5.92 Å². The van der Waals surface area contributed by atoms with Crippen LogP contribution in [-0.4, -0.2) is 55.2 Å². The maximum absolute atomic E-state index is 12.2. The van der Waals surface area contributed by atoms with Gasteiger partial charge < -0.3 is 15.4 Å². The van der Waals surface area contributed by atoms with Gasteiger partial charge in [0, 0.05) is 23.7 Å². The highest BCUT2D eigenvalue weighted by molar-refractivity contribution is 6.30. The van der Waals surface area contributed by atoms with E-state index in [1.807, 2.05) is 12.1 Å². The molecule has 1 aliphatic heterocycles. The lowest BCUT2D eigenvalue weighted by molar-refractivity contribution is -0.142. The first-order valence-electron chi connectivity index (χ1n) is 11.2. The van der Waals surface area contributed by atoms with Crippen LogP contribution in [0.2, 0.25) is 5.02 Å². The van der Waals surface area contributed by atoms with Gasteiger partial charge in [0.15, 0.2) is 0 Å². The van der Waals surface area contributed by atoms with E-state index in [0.717, 1.165) is 43.8 Å². The maximum atomic E-state index is 12.2. The summed E-state index contributed by atoms with van der Waals surface area (Å²) in [6, 6.07) is 8.61. The number of piperidine rings is 1. The van der Waals surface area contributed by atoms with E-state index in [9.17, 15) is 9.59 Å². The molecule has 2 aliphatic rings. The van der Waals surface area contributed by atoms with Crippen molar-refractivity contribution in [1.29, 1.82) is 0 Å². The molecule has 166 valence electrons. The normalized spacial score (nSPS) is 22.6. The zero-order valence-corrected chi connectivity index (χ0v) is 18.6. The molecule has 1 saturated carbocycles. The molecule has 1 aromatic rings.